The molecule has 0 rings (SSSR count). The number of halogens is 2. The zero-order valence-corrected chi connectivity index (χ0v) is 12.8. The summed E-state index contributed by atoms with van der Waals surface area (Å²) in [6.45, 7) is 10.6. The van der Waals surface area contributed by atoms with Crippen LogP contribution in [0.25, 0.3) is 5.32 Å². The summed E-state index contributed by atoms with van der Waals surface area (Å²) in [6.07, 6.45) is 0.875. The van der Waals surface area contributed by atoms with E-state index in [9.17, 15) is 0 Å². The fourth-order valence-corrected chi connectivity index (χ4v) is 0.596. The van der Waals surface area contributed by atoms with Gasteiger partial charge in [0.25, 0.3) is 0 Å². The summed E-state index contributed by atoms with van der Waals surface area (Å²) >= 11 is -0.556. The second-order valence-electron chi connectivity index (χ2n) is 3.13. The van der Waals surface area contributed by atoms with Crippen molar-refractivity contribution < 1.29 is 22.1 Å². The average Bonchev–Trinajstić information content (AvgIpc) is 2.04. The fourth-order valence-electron chi connectivity index (χ4n) is 0.596. The zero-order valence-electron chi connectivity index (χ0n) is 9.72. The second-order valence-corrected chi connectivity index (χ2v) is 5.71. The van der Waals surface area contributed by atoms with E-state index < -0.39 is 17.0 Å². The SMILES string of the molecule is CC(C)[N-]C(C)C.CCCO.[Cl][Ti][Cl]. The molecule has 0 bridgehead atoms. The minimum absolute atomic E-state index is 0.319. The number of hydrogen-bond donors (Lipinski definition) is 1. The van der Waals surface area contributed by atoms with E-state index in [1.165, 1.54) is 0 Å². The Bertz CT molecular complexity index is 77.2. The molecule has 0 radical (unpaired) electrons. The van der Waals surface area contributed by atoms with Crippen molar-refractivity contribution in [3.05, 3.63) is 5.32 Å². The van der Waals surface area contributed by atoms with Crippen LogP contribution in [-0.4, -0.2) is 23.8 Å². The summed E-state index contributed by atoms with van der Waals surface area (Å²) in [7, 11) is 9.78. The van der Waals surface area contributed by atoms with Crippen molar-refractivity contribution in [1.82, 2.24) is 0 Å². The van der Waals surface area contributed by atoms with E-state index in [-0.39, 0.29) is 0 Å². The molecule has 0 saturated heterocycles. The zero-order chi connectivity index (χ0) is 12.0. The van der Waals surface area contributed by atoms with Gasteiger partial charge in [0.1, 0.15) is 0 Å². The Morgan fingerprint density at radius 3 is 1.36 bits per heavy atom. The van der Waals surface area contributed by atoms with Gasteiger partial charge in [0.2, 0.25) is 0 Å². The maximum atomic E-state index is 7.88. The predicted octanol–water partition coefficient (Wildman–Crippen LogP) is 3.94. The topological polar surface area (TPSA) is 34.3 Å². The third-order valence-corrected chi connectivity index (χ3v) is 0.820. The van der Waals surface area contributed by atoms with Crippen LogP contribution in [0.4, 0.5) is 0 Å². The molecule has 88 valence electrons. The molecule has 0 aromatic carbocycles. The molecule has 2 nitrogen and oxygen atoms in total. The van der Waals surface area contributed by atoms with Crippen LogP contribution >= 0.6 is 18.6 Å². The van der Waals surface area contributed by atoms with E-state index in [1.807, 2.05) is 6.92 Å². The summed E-state index contributed by atoms with van der Waals surface area (Å²) < 4.78 is 0. The van der Waals surface area contributed by atoms with E-state index in [0.29, 0.717) is 18.7 Å². The Labute approximate surface area is 105 Å². The molecular weight excluding hydrogens is 257 g/mol. The van der Waals surface area contributed by atoms with Gasteiger partial charge in [-0.3, -0.25) is 0 Å². The van der Waals surface area contributed by atoms with Gasteiger partial charge in [-0.15, -0.1) is 12.1 Å². The van der Waals surface area contributed by atoms with Crippen LogP contribution in [-0.2, 0) is 17.0 Å². The van der Waals surface area contributed by atoms with Gasteiger partial charge in [-0.2, -0.15) is 0 Å². The van der Waals surface area contributed by atoms with Crippen LogP contribution in [0.15, 0.2) is 0 Å². The minimum atomic E-state index is -0.556. The summed E-state index contributed by atoms with van der Waals surface area (Å²) in [5.74, 6) is 0. The van der Waals surface area contributed by atoms with Crippen molar-refractivity contribution in [3.8, 4) is 0 Å². The molecule has 1 N–H and O–H groups in total. The summed E-state index contributed by atoms with van der Waals surface area (Å²) in [4.78, 5) is 0. The monoisotopic (exact) mass is 278 g/mol. The van der Waals surface area contributed by atoms with Gasteiger partial charge in [-0.1, -0.05) is 34.6 Å². The number of aliphatic hydroxyl groups excluding tert-OH is 1. The molecule has 0 aromatic heterocycles. The standard InChI is InChI=1S/C6H14N.C3H8O.2ClH.Ti/c1-5(2)7-6(3)4;1-2-3-4;;;/h5-6H,1-4H3;4H,2-3H2,1H3;2*1H;/q-1;;;;+2/p-2. The molecular formula is C9H22Cl2NOTi-. The van der Waals surface area contributed by atoms with Crippen molar-refractivity contribution in [3.63, 3.8) is 0 Å². The Morgan fingerprint density at radius 1 is 1.14 bits per heavy atom. The van der Waals surface area contributed by atoms with Crippen molar-refractivity contribution in [2.24, 2.45) is 0 Å². The Balaban J connectivity index is -0.000000147. The molecule has 14 heavy (non-hydrogen) atoms. The molecule has 0 aliphatic rings. The maximum absolute atomic E-state index is 7.88. The van der Waals surface area contributed by atoms with Gasteiger partial charge >= 0.3 is 35.6 Å². The third kappa shape index (κ3) is 51.1. The van der Waals surface area contributed by atoms with Gasteiger partial charge in [-0.05, 0) is 6.42 Å². The van der Waals surface area contributed by atoms with Crippen LogP contribution in [0.1, 0.15) is 41.0 Å². The quantitative estimate of drug-likeness (QED) is 0.780. The van der Waals surface area contributed by atoms with Crippen LogP contribution in [0.5, 0.6) is 0 Å². The molecule has 0 saturated carbocycles. The first-order valence-electron chi connectivity index (χ1n) is 4.73. The first-order valence-corrected chi connectivity index (χ1v) is 9.02. The van der Waals surface area contributed by atoms with E-state index in [0.717, 1.165) is 6.42 Å². The molecule has 0 atom stereocenters. The Morgan fingerprint density at radius 2 is 1.36 bits per heavy atom. The van der Waals surface area contributed by atoms with Gasteiger partial charge in [0.05, 0.1) is 0 Å². The number of hydrogen-bond acceptors (Lipinski definition) is 1. The number of rotatable bonds is 3. The molecule has 0 heterocycles. The van der Waals surface area contributed by atoms with Gasteiger partial charge < -0.3 is 10.4 Å². The third-order valence-electron chi connectivity index (χ3n) is 0.820. The van der Waals surface area contributed by atoms with E-state index in [1.54, 1.807) is 0 Å². The fraction of sp³-hybridized carbons (Fsp3) is 1.00. The van der Waals surface area contributed by atoms with Crippen molar-refractivity contribution >= 4 is 18.6 Å². The van der Waals surface area contributed by atoms with E-state index >= 15 is 0 Å². The Kier molecular flexibility index (Phi) is 29.0. The normalized spacial score (nSPS) is 8.71. The first-order chi connectivity index (χ1) is 6.45. The molecule has 0 aliphatic heterocycles. The molecule has 0 spiro atoms. The number of aliphatic hydroxyl groups is 1. The van der Waals surface area contributed by atoms with Crippen molar-refractivity contribution in [1.29, 1.82) is 0 Å². The Hall–Kier alpha value is 1.21. The molecule has 0 aromatic rings. The molecule has 0 fully saturated rings. The van der Waals surface area contributed by atoms with Crippen LogP contribution in [0.2, 0.25) is 0 Å². The van der Waals surface area contributed by atoms with Crippen LogP contribution < -0.4 is 0 Å². The molecule has 0 amide bonds. The molecule has 0 unspecified atom stereocenters. The van der Waals surface area contributed by atoms with Crippen molar-refractivity contribution in [2.45, 2.75) is 53.1 Å². The van der Waals surface area contributed by atoms with Gasteiger partial charge in [0, 0.05) is 6.61 Å². The van der Waals surface area contributed by atoms with Crippen LogP contribution in [0.3, 0.4) is 0 Å². The average molecular weight is 279 g/mol. The van der Waals surface area contributed by atoms with E-state index in [4.69, 9.17) is 23.7 Å². The van der Waals surface area contributed by atoms with Crippen molar-refractivity contribution in [2.75, 3.05) is 6.61 Å². The van der Waals surface area contributed by atoms with E-state index in [2.05, 4.69) is 33.0 Å². The summed E-state index contributed by atoms with van der Waals surface area (Å²) in [5, 5.41) is 12.2. The van der Waals surface area contributed by atoms with Gasteiger partial charge in [-0.25, -0.2) is 0 Å². The second kappa shape index (κ2) is 19.7. The number of nitrogens with zero attached hydrogens (tertiary/aromatic N) is 1. The summed E-state index contributed by atoms with van der Waals surface area (Å²) in [5.41, 5.74) is 0. The molecule has 0 aliphatic carbocycles. The molecule has 5 heteroatoms. The van der Waals surface area contributed by atoms with Gasteiger partial charge in [0.15, 0.2) is 0 Å². The first kappa shape index (κ1) is 20.6. The summed E-state index contributed by atoms with van der Waals surface area (Å²) in [6, 6.07) is 1.000. The predicted molar refractivity (Wildman–Crippen MR) is 62.7 cm³/mol. The van der Waals surface area contributed by atoms with Crippen LogP contribution in [0, 0.1) is 0 Å².